The molecule has 2 aromatic carbocycles. The van der Waals surface area contributed by atoms with Crippen LogP contribution >= 0.6 is 0 Å². The van der Waals surface area contributed by atoms with E-state index in [0.717, 1.165) is 16.8 Å². The van der Waals surface area contributed by atoms with Gasteiger partial charge in [0.05, 0.1) is 45.2 Å². The van der Waals surface area contributed by atoms with Gasteiger partial charge in [-0.25, -0.2) is 17.8 Å². The van der Waals surface area contributed by atoms with Crippen molar-refractivity contribution in [1.82, 2.24) is 9.97 Å². The van der Waals surface area contributed by atoms with Crippen molar-refractivity contribution in [3.05, 3.63) is 47.9 Å². The number of amides is 1. The van der Waals surface area contributed by atoms with E-state index in [9.17, 15) is 17.6 Å². The predicted molar refractivity (Wildman–Crippen MR) is 137 cm³/mol. The van der Waals surface area contributed by atoms with Crippen LogP contribution in [0.1, 0.15) is 5.56 Å². The molecule has 4 N–H and O–H groups in total. The van der Waals surface area contributed by atoms with Crippen LogP contribution in [0.25, 0.3) is 0 Å². The zero-order valence-electron chi connectivity index (χ0n) is 20.8. The molecule has 198 valence electrons. The fourth-order valence-electron chi connectivity index (χ4n) is 3.52. The Morgan fingerprint density at radius 1 is 1.11 bits per heavy atom. The van der Waals surface area contributed by atoms with Crippen molar-refractivity contribution in [3.63, 3.8) is 0 Å². The van der Waals surface area contributed by atoms with E-state index in [2.05, 4.69) is 20.6 Å². The molecule has 0 fully saturated rings. The number of nitrogens with zero attached hydrogens (tertiary/aromatic N) is 3. The molecule has 1 heterocycles. The number of hydrogen-bond donors (Lipinski definition) is 3. The Labute approximate surface area is 213 Å². The molecule has 0 aliphatic heterocycles. The Morgan fingerprint density at radius 3 is 2.30 bits per heavy atom. The summed E-state index contributed by atoms with van der Waals surface area (Å²) in [5.41, 5.74) is 6.55. The van der Waals surface area contributed by atoms with Crippen LogP contribution in [0.5, 0.6) is 17.2 Å². The second kappa shape index (κ2) is 11.2. The van der Waals surface area contributed by atoms with Crippen molar-refractivity contribution in [3.8, 4) is 17.2 Å². The van der Waals surface area contributed by atoms with E-state index in [-0.39, 0.29) is 23.1 Å². The molecule has 0 aliphatic carbocycles. The lowest BCUT2D eigenvalue weighted by molar-refractivity contribution is -0.116. The minimum absolute atomic E-state index is 0.0180. The minimum atomic E-state index is -3.91. The number of methoxy groups -OCH3 is 3. The lowest BCUT2D eigenvalue weighted by atomic mass is 10.1. The highest BCUT2D eigenvalue weighted by Gasteiger charge is 2.25. The Morgan fingerprint density at radius 2 is 1.76 bits per heavy atom. The van der Waals surface area contributed by atoms with Crippen LogP contribution in [0.4, 0.5) is 33.2 Å². The van der Waals surface area contributed by atoms with Gasteiger partial charge in [-0.05, 0) is 18.6 Å². The van der Waals surface area contributed by atoms with Crippen LogP contribution < -0.4 is 34.9 Å². The highest BCUT2D eigenvalue weighted by atomic mass is 32.2. The van der Waals surface area contributed by atoms with Crippen molar-refractivity contribution in [2.45, 2.75) is 6.92 Å². The maximum atomic E-state index is 14.7. The number of ether oxygens (including phenoxy) is 3. The van der Waals surface area contributed by atoms with E-state index in [1.807, 2.05) is 0 Å². The lowest BCUT2D eigenvalue weighted by Gasteiger charge is -2.25. The Bertz CT molecular complexity index is 1390. The van der Waals surface area contributed by atoms with Gasteiger partial charge in [0.2, 0.25) is 27.6 Å². The summed E-state index contributed by atoms with van der Waals surface area (Å²) in [6.07, 6.45) is 1.89. The fraction of sp³-hybridized carbons (Fsp3) is 0.261. The monoisotopic (exact) mass is 534 g/mol. The number of nitrogens with one attached hydrogen (secondary N) is 2. The van der Waals surface area contributed by atoms with E-state index >= 15 is 0 Å². The molecule has 0 saturated heterocycles. The average Bonchev–Trinajstić information content (AvgIpc) is 2.83. The summed E-state index contributed by atoms with van der Waals surface area (Å²) >= 11 is 0. The number of aryl methyl sites for hydroxylation is 1. The van der Waals surface area contributed by atoms with E-state index < -0.39 is 28.3 Å². The van der Waals surface area contributed by atoms with Crippen LogP contribution in [0.2, 0.25) is 0 Å². The molecule has 37 heavy (non-hydrogen) atoms. The summed E-state index contributed by atoms with van der Waals surface area (Å²) < 4.78 is 56.5. The molecule has 3 aromatic rings. The Hall–Kier alpha value is -4.33. The first kappa shape index (κ1) is 27.3. The lowest BCUT2D eigenvalue weighted by Crippen LogP contribution is -2.38. The second-order valence-electron chi connectivity index (χ2n) is 7.76. The van der Waals surface area contributed by atoms with Gasteiger partial charge in [-0.3, -0.25) is 9.10 Å². The number of carbonyl (C=O) groups excluding carboxylic acids is 1. The number of anilines is 5. The number of hydrogen-bond acceptors (Lipinski definition) is 10. The highest BCUT2D eigenvalue weighted by molar-refractivity contribution is 7.92. The number of benzene rings is 2. The third-order valence-corrected chi connectivity index (χ3v) is 6.22. The van der Waals surface area contributed by atoms with Crippen molar-refractivity contribution < 1.29 is 31.8 Å². The van der Waals surface area contributed by atoms with Crippen molar-refractivity contribution >= 4 is 44.8 Å². The maximum Gasteiger partial charge on any atom is 0.238 e. The molecule has 0 saturated carbocycles. The predicted octanol–water partition coefficient (Wildman–Crippen LogP) is 2.69. The first-order chi connectivity index (χ1) is 17.5. The minimum Gasteiger partial charge on any atom is -0.493 e. The average molecular weight is 535 g/mol. The summed E-state index contributed by atoms with van der Waals surface area (Å²) in [6, 6.07) is 8.05. The van der Waals surface area contributed by atoms with Crippen LogP contribution in [0.15, 0.2) is 36.5 Å². The fourth-order valence-corrected chi connectivity index (χ4v) is 4.46. The quantitative estimate of drug-likeness (QED) is 0.334. The number of aromatic nitrogens is 2. The number of halogens is 1. The Kier molecular flexibility index (Phi) is 8.22. The molecule has 0 aliphatic rings. The third-order valence-electron chi connectivity index (χ3n) is 5.10. The maximum absolute atomic E-state index is 14.7. The van der Waals surface area contributed by atoms with Crippen molar-refractivity contribution in [1.29, 1.82) is 0 Å². The summed E-state index contributed by atoms with van der Waals surface area (Å²) in [5, 5.41) is 5.75. The molecule has 0 radical (unpaired) electrons. The number of para-hydroxylation sites is 1. The molecule has 1 aromatic heterocycles. The number of primary amides is 1. The van der Waals surface area contributed by atoms with Gasteiger partial charge < -0.3 is 30.6 Å². The zero-order chi connectivity index (χ0) is 27.3. The molecular formula is C23H27FN6O6S. The molecule has 0 bridgehead atoms. The number of carbonyl (C=O) groups is 1. The van der Waals surface area contributed by atoms with Crippen LogP contribution in [0.3, 0.4) is 0 Å². The van der Waals surface area contributed by atoms with Crippen LogP contribution in [-0.4, -0.2) is 58.4 Å². The molecular weight excluding hydrogens is 507 g/mol. The molecule has 12 nitrogen and oxygen atoms in total. The SMILES string of the molecule is COc1cc(Nc2ncc(F)c(Nc3cccc(C)c3N(CC(N)=O)S(C)(=O)=O)n2)cc(OC)c1OC. The smallest absolute Gasteiger partial charge is 0.238 e. The Balaban J connectivity index is 2.01. The van der Waals surface area contributed by atoms with Crippen LogP contribution in [-0.2, 0) is 14.8 Å². The highest BCUT2D eigenvalue weighted by Crippen LogP contribution is 2.40. The van der Waals surface area contributed by atoms with Crippen molar-refractivity contribution in [2.24, 2.45) is 5.73 Å². The summed E-state index contributed by atoms with van der Waals surface area (Å²) in [4.78, 5) is 19.8. The number of nitrogens with two attached hydrogens (primary N) is 1. The van der Waals surface area contributed by atoms with Gasteiger partial charge in [-0.1, -0.05) is 12.1 Å². The first-order valence-electron chi connectivity index (χ1n) is 10.7. The molecule has 0 spiro atoms. The van der Waals surface area contributed by atoms with Crippen LogP contribution in [0, 0.1) is 12.7 Å². The van der Waals surface area contributed by atoms with Gasteiger partial charge in [0.25, 0.3) is 0 Å². The molecule has 3 rings (SSSR count). The molecule has 1 amide bonds. The summed E-state index contributed by atoms with van der Waals surface area (Å²) in [5.74, 6) is -0.743. The topological polar surface area (TPSA) is 158 Å². The van der Waals surface area contributed by atoms with Gasteiger partial charge in [-0.15, -0.1) is 0 Å². The standard InChI is InChI=1S/C23H27FN6O6S/c1-13-7-6-8-16(20(13)30(12-19(25)31)37(5,32)33)28-22-15(24)11-26-23(29-22)27-14-9-17(34-2)21(36-4)18(10-14)35-3/h6-11H,12H2,1-5H3,(H2,25,31)(H2,26,27,28,29). The third kappa shape index (κ3) is 6.27. The number of rotatable bonds is 11. The first-order valence-corrected chi connectivity index (χ1v) is 12.6. The van der Waals surface area contributed by atoms with Gasteiger partial charge in [0, 0.05) is 17.8 Å². The van der Waals surface area contributed by atoms with Crippen molar-refractivity contribution in [2.75, 3.05) is 49.1 Å². The largest absolute Gasteiger partial charge is 0.493 e. The van der Waals surface area contributed by atoms with E-state index in [1.165, 1.54) is 27.4 Å². The number of sulfonamides is 1. The molecule has 14 heteroatoms. The van der Waals surface area contributed by atoms with E-state index in [1.54, 1.807) is 31.2 Å². The van der Waals surface area contributed by atoms with Gasteiger partial charge in [0.15, 0.2) is 23.1 Å². The van der Waals surface area contributed by atoms with Gasteiger partial charge in [0.1, 0.15) is 6.54 Å². The molecule has 0 unspecified atom stereocenters. The molecule has 0 atom stereocenters. The van der Waals surface area contributed by atoms with E-state index in [0.29, 0.717) is 28.5 Å². The van der Waals surface area contributed by atoms with E-state index in [4.69, 9.17) is 19.9 Å². The van der Waals surface area contributed by atoms with Gasteiger partial charge >= 0.3 is 0 Å². The summed E-state index contributed by atoms with van der Waals surface area (Å²) in [6.45, 7) is 1.05. The summed E-state index contributed by atoms with van der Waals surface area (Å²) in [7, 11) is 0.500. The van der Waals surface area contributed by atoms with Gasteiger partial charge in [-0.2, -0.15) is 4.98 Å². The normalized spacial score (nSPS) is 11.0. The zero-order valence-corrected chi connectivity index (χ0v) is 21.6. The second-order valence-corrected chi connectivity index (χ2v) is 9.67.